The molecule has 198 valence electrons. The van der Waals surface area contributed by atoms with Gasteiger partial charge in [0.25, 0.3) is 0 Å². The standard InChI is InChI=1S/C28H26Cl3N3O4/c1-5-38-25(36)23-24(32)34(19-10-16(30)15(29)9-17(19)31)20-11-27(3,4)12-21(35)22(20)28(23)14-8-13(2)6-7-18(14)33-26(28)37/h6-10H,5,11-12,32H2,1-4H3,(H,33,37). The van der Waals surface area contributed by atoms with E-state index in [1.807, 2.05) is 26.8 Å². The fourth-order valence-corrected chi connectivity index (χ4v) is 6.44. The van der Waals surface area contributed by atoms with Crippen molar-refractivity contribution in [2.75, 3.05) is 16.8 Å². The third kappa shape index (κ3) is 3.74. The van der Waals surface area contributed by atoms with Crippen LogP contribution < -0.4 is 16.0 Å². The lowest BCUT2D eigenvalue weighted by atomic mass is 9.60. The Kier molecular flexibility index (Phi) is 6.33. The molecule has 0 saturated carbocycles. The largest absolute Gasteiger partial charge is 0.462 e. The lowest BCUT2D eigenvalue weighted by molar-refractivity contribution is -0.140. The van der Waals surface area contributed by atoms with Crippen LogP contribution >= 0.6 is 34.8 Å². The first kappa shape index (κ1) is 26.6. The van der Waals surface area contributed by atoms with Gasteiger partial charge in [0.2, 0.25) is 5.91 Å². The number of anilines is 2. The lowest BCUT2D eigenvalue weighted by Gasteiger charge is -2.47. The summed E-state index contributed by atoms with van der Waals surface area (Å²) in [6, 6.07) is 8.42. The number of nitrogens with one attached hydrogen (secondary N) is 1. The molecule has 0 radical (unpaired) electrons. The zero-order chi connectivity index (χ0) is 27.7. The summed E-state index contributed by atoms with van der Waals surface area (Å²) < 4.78 is 5.45. The molecule has 0 aromatic heterocycles. The van der Waals surface area contributed by atoms with Crippen molar-refractivity contribution in [1.82, 2.24) is 0 Å². The van der Waals surface area contributed by atoms with Crippen molar-refractivity contribution in [1.29, 1.82) is 0 Å². The molecule has 1 aliphatic carbocycles. The summed E-state index contributed by atoms with van der Waals surface area (Å²) in [5.41, 5.74) is 7.25. The van der Waals surface area contributed by atoms with E-state index in [9.17, 15) is 14.4 Å². The maximum Gasteiger partial charge on any atom is 0.339 e. The number of carbonyl (C=O) groups is 3. The summed E-state index contributed by atoms with van der Waals surface area (Å²) in [5, 5.41) is 3.53. The highest BCUT2D eigenvalue weighted by Crippen LogP contribution is 2.58. The summed E-state index contributed by atoms with van der Waals surface area (Å²) in [5.74, 6) is -1.68. The minimum Gasteiger partial charge on any atom is -0.462 e. The van der Waals surface area contributed by atoms with Gasteiger partial charge in [-0.1, -0.05) is 66.3 Å². The Morgan fingerprint density at radius 2 is 1.76 bits per heavy atom. The van der Waals surface area contributed by atoms with Crippen molar-refractivity contribution in [2.45, 2.75) is 46.0 Å². The van der Waals surface area contributed by atoms with Gasteiger partial charge in [-0.05, 0) is 43.9 Å². The third-order valence-electron chi connectivity index (χ3n) is 7.25. The molecule has 1 amide bonds. The topological polar surface area (TPSA) is 102 Å². The van der Waals surface area contributed by atoms with Crippen LogP contribution in [0.15, 0.2) is 53.0 Å². The summed E-state index contributed by atoms with van der Waals surface area (Å²) in [6.07, 6.45) is 0.540. The second kappa shape index (κ2) is 9.04. The molecule has 3 aliphatic rings. The number of nitrogens with zero attached hydrogens (tertiary/aromatic N) is 1. The minimum atomic E-state index is -1.79. The molecule has 1 spiro atoms. The number of amides is 1. The summed E-state index contributed by atoms with van der Waals surface area (Å²) in [4.78, 5) is 43.5. The van der Waals surface area contributed by atoms with E-state index in [1.165, 1.54) is 12.1 Å². The molecule has 2 aromatic rings. The summed E-state index contributed by atoms with van der Waals surface area (Å²) in [6.45, 7) is 7.49. The molecule has 0 saturated heterocycles. The first-order chi connectivity index (χ1) is 17.8. The first-order valence-corrected chi connectivity index (χ1v) is 13.3. The van der Waals surface area contributed by atoms with Crippen molar-refractivity contribution in [3.05, 3.63) is 79.2 Å². The number of Topliss-reactive ketones (excluding diaryl/α,β-unsaturated/α-hetero) is 1. The molecule has 3 N–H and O–H groups in total. The van der Waals surface area contributed by atoms with Gasteiger partial charge in [-0.3, -0.25) is 14.5 Å². The zero-order valence-corrected chi connectivity index (χ0v) is 23.6. The van der Waals surface area contributed by atoms with E-state index in [4.69, 9.17) is 45.3 Å². The number of carbonyl (C=O) groups excluding carboxylic acids is 3. The van der Waals surface area contributed by atoms with Crippen molar-refractivity contribution in [2.24, 2.45) is 11.1 Å². The van der Waals surface area contributed by atoms with E-state index in [2.05, 4.69) is 5.32 Å². The Morgan fingerprint density at radius 1 is 1.08 bits per heavy atom. The van der Waals surface area contributed by atoms with Crippen molar-refractivity contribution < 1.29 is 19.1 Å². The summed E-state index contributed by atoms with van der Waals surface area (Å²) >= 11 is 19.2. The van der Waals surface area contributed by atoms with Crippen LogP contribution in [0.25, 0.3) is 0 Å². The number of aryl methyl sites for hydroxylation is 1. The SMILES string of the molecule is CCOC(=O)C1=C(N)N(c2cc(Cl)c(Cl)cc2Cl)C2=C(C(=O)CC(C)(C)C2)C12C(=O)Nc1ccc(C)cc12. The second-order valence-corrected chi connectivity index (χ2v) is 11.8. The Bertz CT molecular complexity index is 1510. The number of allylic oxidation sites excluding steroid dienone is 1. The maximum absolute atomic E-state index is 14.1. The average Bonchev–Trinajstić information content (AvgIpc) is 3.07. The highest BCUT2D eigenvalue weighted by atomic mass is 35.5. The number of hydrogen-bond acceptors (Lipinski definition) is 6. The number of benzene rings is 2. The molecule has 1 atom stereocenters. The van der Waals surface area contributed by atoms with Gasteiger partial charge >= 0.3 is 5.97 Å². The smallest absolute Gasteiger partial charge is 0.339 e. The Balaban J connectivity index is 1.95. The van der Waals surface area contributed by atoms with Crippen molar-refractivity contribution >= 4 is 63.8 Å². The van der Waals surface area contributed by atoms with Gasteiger partial charge in [-0.15, -0.1) is 0 Å². The minimum absolute atomic E-state index is 0.0361. The number of hydrogen-bond donors (Lipinski definition) is 2. The zero-order valence-electron chi connectivity index (χ0n) is 21.3. The van der Waals surface area contributed by atoms with E-state index in [-0.39, 0.29) is 50.8 Å². The van der Waals surface area contributed by atoms with Crippen molar-refractivity contribution in [3.63, 3.8) is 0 Å². The first-order valence-electron chi connectivity index (χ1n) is 12.1. The van der Waals surface area contributed by atoms with Crippen LogP contribution in [0.5, 0.6) is 0 Å². The van der Waals surface area contributed by atoms with Crippen LogP contribution in [-0.2, 0) is 24.5 Å². The molecule has 0 bridgehead atoms. The van der Waals surface area contributed by atoms with Gasteiger partial charge in [0.15, 0.2) is 5.78 Å². The molecule has 38 heavy (non-hydrogen) atoms. The van der Waals surface area contributed by atoms with Gasteiger partial charge in [0, 0.05) is 28.9 Å². The van der Waals surface area contributed by atoms with E-state index in [0.29, 0.717) is 29.1 Å². The monoisotopic (exact) mass is 573 g/mol. The average molecular weight is 575 g/mol. The van der Waals surface area contributed by atoms with Crippen LogP contribution in [0.3, 0.4) is 0 Å². The van der Waals surface area contributed by atoms with Gasteiger partial charge < -0.3 is 15.8 Å². The fraction of sp³-hybridized carbons (Fsp3) is 0.321. The Morgan fingerprint density at radius 3 is 2.45 bits per heavy atom. The summed E-state index contributed by atoms with van der Waals surface area (Å²) in [7, 11) is 0. The third-order valence-corrected chi connectivity index (χ3v) is 8.27. The number of ketones is 1. The quantitative estimate of drug-likeness (QED) is 0.342. The molecule has 2 aromatic carbocycles. The highest BCUT2D eigenvalue weighted by molar-refractivity contribution is 6.44. The van der Waals surface area contributed by atoms with Crippen LogP contribution in [-0.4, -0.2) is 24.3 Å². The molecule has 1 unspecified atom stereocenters. The molecule has 7 nitrogen and oxygen atoms in total. The number of rotatable bonds is 3. The molecule has 2 aliphatic heterocycles. The van der Waals surface area contributed by atoms with Gasteiger partial charge in [0.05, 0.1) is 27.4 Å². The number of fused-ring (bicyclic) bond motifs is 3. The molecule has 5 rings (SSSR count). The second-order valence-electron chi connectivity index (χ2n) is 10.5. The van der Waals surface area contributed by atoms with E-state index in [0.717, 1.165) is 5.56 Å². The molecular weight excluding hydrogens is 549 g/mol. The van der Waals surface area contributed by atoms with E-state index in [1.54, 1.807) is 24.0 Å². The van der Waals surface area contributed by atoms with Crippen molar-refractivity contribution in [3.8, 4) is 0 Å². The van der Waals surface area contributed by atoms with Crippen LogP contribution in [0.4, 0.5) is 11.4 Å². The molecular formula is C28H26Cl3N3O4. The van der Waals surface area contributed by atoms with Crippen LogP contribution in [0.1, 0.15) is 44.7 Å². The molecule has 0 fully saturated rings. The Hall–Kier alpha value is -3.00. The number of halogens is 3. The number of esters is 1. The van der Waals surface area contributed by atoms with Gasteiger partial charge in [-0.25, -0.2) is 4.79 Å². The molecule has 2 heterocycles. The normalized spacial score (nSPS) is 22.0. The Labute approximate surface area is 235 Å². The van der Waals surface area contributed by atoms with E-state index < -0.39 is 22.7 Å². The van der Waals surface area contributed by atoms with Crippen LogP contribution in [0.2, 0.25) is 15.1 Å². The molecule has 10 heteroatoms. The van der Waals surface area contributed by atoms with E-state index >= 15 is 0 Å². The maximum atomic E-state index is 14.1. The highest BCUT2D eigenvalue weighted by Gasteiger charge is 2.63. The van der Waals surface area contributed by atoms with Crippen LogP contribution in [0, 0.1) is 12.3 Å². The lowest BCUT2D eigenvalue weighted by Crippen LogP contribution is -2.54. The fourth-order valence-electron chi connectivity index (χ4n) is 5.81. The van der Waals surface area contributed by atoms with Gasteiger partial charge in [0.1, 0.15) is 16.8 Å². The predicted octanol–water partition coefficient (Wildman–Crippen LogP) is 6.04. The van der Waals surface area contributed by atoms with Gasteiger partial charge in [-0.2, -0.15) is 0 Å². The number of nitrogens with two attached hydrogens (primary N) is 1. The predicted molar refractivity (Wildman–Crippen MR) is 148 cm³/mol. The number of ether oxygens (including phenoxy) is 1.